The smallest absolute Gasteiger partial charge is 0.185 e. The van der Waals surface area contributed by atoms with Crippen molar-refractivity contribution in [3.8, 4) is 0 Å². The van der Waals surface area contributed by atoms with Gasteiger partial charge >= 0.3 is 0 Å². The molecule has 0 amide bonds. The zero-order valence-electron chi connectivity index (χ0n) is 9.79. The molecular formula is C12H19ClN2S. The number of thiazole rings is 1. The third kappa shape index (κ3) is 2.89. The summed E-state index contributed by atoms with van der Waals surface area (Å²) in [5.74, 6) is 1.47. The predicted octanol–water partition coefficient (Wildman–Crippen LogP) is 3.90. The Labute approximate surface area is 107 Å². The van der Waals surface area contributed by atoms with Gasteiger partial charge in [0.25, 0.3) is 0 Å². The summed E-state index contributed by atoms with van der Waals surface area (Å²) in [6.07, 6.45) is 5.35. The van der Waals surface area contributed by atoms with Crippen LogP contribution in [0.1, 0.15) is 38.3 Å². The van der Waals surface area contributed by atoms with Crippen LogP contribution in [0.5, 0.6) is 0 Å². The number of hydrogen-bond acceptors (Lipinski definition) is 3. The van der Waals surface area contributed by atoms with E-state index in [1.807, 2.05) is 0 Å². The second kappa shape index (κ2) is 5.87. The van der Waals surface area contributed by atoms with E-state index in [1.165, 1.54) is 38.8 Å². The molecule has 0 saturated carbocycles. The maximum absolute atomic E-state index is 5.77. The molecule has 0 unspecified atom stereocenters. The molecule has 2 heterocycles. The fourth-order valence-electron chi connectivity index (χ4n) is 2.32. The minimum Gasteiger partial charge on any atom is -0.348 e. The normalized spacial score (nSPS) is 18.0. The van der Waals surface area contributed by atoms with Crippen LogP contribution in [0.4, 0.5) is 5.13 Å². The highest BCUT2D eigenvalue weighted by molar-refractivity contribution is 7.13. The van der Waals surface area contributed by atoms with Crippen LogP contribution in [0, 0.1) is 5.92 Å². The van der Waals surface area contributed by atoms with Gasteiger partial charge in [0.15, 0.2) is 5.13 Å². The third-order valence-corrected chi connectivity index (χ3v) is 4.48. The molecule has 1 aromatic heterocycles. The van der Waals surface area contributed by atoms with Crippen molar-refractivity contribution in [3.05, 3.63) is 11.1 Å². The molecule has 2 nitrogen and oxygen atoms in total. The lowest BCUT2D eigenvalue weighted by molar-refractivity contribution is 0.378. The van der Waals surface area contributed by atoms with Gasteiger partial charge in [-0.05, 0) is 18.8 Å². The lowest BCUT2D eigenvalue weighted by Gasteiger charge is -2.31. The molecule has 0 aliphatic carbocycles. The number of alkyl halides is 1. The van der Waals surface area contributed by atoms with Gasteiger partial charge in [-0.25, -0.2) is 4.98 Å². The highest BCUT2D eigenvalue weighted by Gasteiger charge is 2.20. The van der Waals surface area contributed by atoms with Crippen molar-refractivity contribution in [2.24, 2.45) is 5.92 Å². The number of rotatable bonds is 4. The number of hydrogen-bond donors (Lipinski definition) is 0. The van der Waals surface area contributed by atoms with Crippen molar-refractivity contribution in [3.63, 3.8) is 0 Å². The van der Waals surface area contributed by atoms with Crippen molar-refractivity contribution in [1.29, 1.82) is 0 Å². The van der Waals surface area contributed by atoms with Gasteiger partial charge in [0.1, 0.15) is 0 Å². The number of halogens is 1. The van der Waals surface area contributed by atoms with Crippen LogP contribution in [0.25, 0.3) is 0 Å². The second-order valence-corrected chi connectivity index (χ2v) is 5.58. The average molecular weight is 259 g/mol. The quantitative estimate of drug-likeness (QED) is 0.762. The minimum atomic E-state index is 0.531. The number of anilines is 1. The van der Waals surface area contributed by atoms with Gasteiger partial charge < -0.3 is 4.90 Å². The Kier molecular flexibility index (Phi) is 4.47. The van der Waals surface area contributed by atoms with E-state index >= 15 is 0 Å². The molecule has 4 heteroatoms. The lowest BCUT2D eigenvalue weighted by Crippen LogP contribution is -2.33. The topological polar surface area (TPSA) is 16.1 Å². The Balaban J connectivity index is 1.88. The van der Waals surface area contributed by atoms with E-state index in [0.29, 0.717) is 5.88 Å². The highest BCUT2D eigenvalue weighted by atomic mass is 35.5. The summed E-state index contributed by atoms with van der Waals surface area (Å²) in [6, 6.07) is 0. The Hall–Kier alpha value is -0.280. The summed E-state index contributed by atoms with van der Waals surface area (Å²) in [5.41, 5.74) is 1.01. The summed E-state index contributed by atoms with van der Waals surface area (Å²) < 4.78 is 0. The van der Waals surface area contributed by atoms with Crippen molar-refractivity contribution in [2.45, 2.75) is 38.5 Å². The van der Waals surface area contributed by atoms with Crippen molar-refractivity contribution >= 4 is 28.1 Å². The molecule has 1 aliphatic rings. The van der Waals surface area contributed by atoms with E-state index < -0.39 is 0 Å². The third-order valence-electron chi connectivity index (χ3n) is 3.26. The monoisotopic (exact) mass is 258 g/mol. The predicted molar refractivity (Wildman–Crippen MR) is 71.5 cm³/mol. The summed E-state index contributed by atoms with van der Waals surface area (Å²) in [6.45, 7) is 4.61. The SMILES string of the molecule is CCCC1CCN(c2nc(CCl)cs2)CC1. The summed E-state index contributed by atoms with van der Waals surface area (Å²) in [7, 11) is 0. The molecule has 0 radical (unpaired) electrons. The second-order valence-electron chi connectivity index (χ2n) is 4.47. The lowest BCUT2D eigenvalue weighted by atomic mass is 9.93. The van der Waals surface area contributed by atoms with Gasteiger partial charge in [-0.2, -0.15) is 0 Å². The molecule has 0 spiro atoms. The summed E-state index contributed by atoms with van der Waals surface area (Å²) >= 11 is 7.49. The fraction of sp³-hybridized carbons (Fsp3) is 0.750. The minimum absolute atomic E-state index is 0.531. The number of nitrogens with zero attached hydrogens (tertiary/aromatic N) is 2. The number of aromatic nitrogens is 1. The maximum Gasteiger partial charge on any atom is 0.185 e. The van der Waals surface area contributed by atoms with E-state index in [2.05, 4.69) is 22.2 Å². The van der Waals surface area contributed by atoms with Crippen molar-refractivity contribution in [2.75, 3.05) is 18.0 Å². The summed E-state index contributed by atoms with van der Waals surface area (Å²) in [4.78, 5) is 6.95. The van der Waals surface area contributed by atoms with Crippen LogP contribution in [0.15, 0.2) is 5.38 Å². The van der Waals surface area contributed by atoms with E-state index in [9.17, 15) is 0 Å². The Bertz CT molecular complexity index is 319. The molecule has 0 bridgehead atoms. The zero-order valence-corrected chi connectivity index (χ0v) is 11.4. The molecule has 1 fully saturated rings. The van der Waals surface area contributed by atoms with Gasteiger partial charge in [-0.3, -0.25) is 0 Å². The molecule has 0 N–H and O–H groups in total. The molecule has 0 aromatic carbocycles. The van der Waals surface area contributed by atoms with Crippen molar-refractivity contribution in [1.82, 2.24) is 4.98 Å². The first-order valence-corrected chi connectivity index (χ1v) is 7.50. The van der Waals surface area contributed by atoms with Crippen LogP contribution >= 0.6 is 22.9 Å². The van der Waals surface area contributed by atoms with Crippen LogP contribution in [0.3, 0.4) is 0 Å². The largest absolute Gasteiger partial charge is 0.348 e. The molecule has 1 aromatic rings. The molecular weight excluding hydrogens is 240 g/mol. The Morgan fingerprint density at radius 3 is 2.81 bits per heavy atom. The van der Waals surface area contributed by atoms with Gasteiger partial charge in [0.05, 0.1) is 11.6 Å². The number of piperidine rings is 1. The summed E-state index contributed by atoms with van der Waals surface area (Å²) in [5, 5.41) is 3.23. The van der Waals surface area contributed by atoms with E-state index in [-0.39, 0.29) is 0 Å². The first-order chi connectivity index (χ1) is 7.83. The molecule has 2 rings (SSSR count). The van der Waals surface area contributed by atoms with Gasteiger partial charge in [0, 0.05) is 18.5 Å². The van der Waals surface area contributed by atoms with E-state index in [1.54, 1.807) is 11.3 Å². The Morgan fingerprint density at radius 1 is 1.50 bits per heavy atom. The van der Waals surface area contributed by atoms with E-state index in [4.69, 9.17) is 11.6 Å². The van der Waals surface area contributed by atoms with Crippen molar-refractivity contribution < 1.29 is 0 Å². The first-order valence-electron chi connectivity index (χ1n) is 6.08. The Morgan fingerprint density at radius 2 is 2.25 bits per heavy atom. The van der Waals surface area contributed by atoms with Gasteiger partial charge in [-0.15, -0.1) is 22.9 Å². The first kappa shape index (κ1) is 12.2. The molecule has 1 aliphatic heterocycles. The standard InChI is InChI=1S/C12H19ClN2S/c1-2-3-10-4-6-15(7-5-10)12-14-11(8-13)9-16-12/h9-10H,2-8H2,1H3. The van der Waals surface area contributed by atoms with E-state index in [0.717, 1.165) is 16.7 Å². The molecule has 16 heavy (non-hydrogen) atoms. The van der Waals surface area contributed by atoms with Crippen LogP contribution < -0.4 is 4.90 Å². The van der Waals surface area contributed by atoms with Crippen LogP contribution in [0.2, 0.25) is 0 Å². The molecule has 1 saturated heterocycles. The molecule has 0 atom stereocenters. The highest BCUT2D eigenvalue weighted by Crippen LogP contribution is 2.28. The molecule has 90 valence electrons. The van der Waals surface area contributed by atoms with Crippen LogP contribution in [-0.2, 0) is 5.88 Å². The fourth-order valence-corrected chi connectivity index (χ4v) is 3.43. The maximum atomic E-state index is 5.77. The van der Waals surface area contributed by atoms with Gasteiger partial charge in [-0.1, -0.05) is 19.8 Å². The zero-order chi connectivity index (χ0) is 11.4. The van der Waals surface area contributed by atoms with Gasteiger partial charge in [0.2, 0.25) is 0 Å². The average Bonchev–Trinajstić information content (AvgIpc) is 2.79. The van der Waals surface area contributed by atoms with Crippen LogP contribution in [-0.4, -0.2) is 18.1 Å².